The van der Waals surface area contributed by atoms with E-state index in [0.717, 1.165) is 65.1 Å². The lowest BCUT2D eigenvalue weighted by Crippen LogP contribution is -2.15. The van der Waals surface area contributed by atoms with E-state index in [9.17, 15) is 26.4 Å². The molecule has 0 fully saturated rings. The molecule has 0 bridgehead atoms. The number of nitrogens with one attached hydrogen (secondary N) is 2. The molecule has 10 rings (SSSR count). The number of methoxy groups -OCH3 is 2. The number of rotatable bonds is 26. The Labute approximate surface area is 517 Å². The number of aromatic nitrogens is 8. The maximum absolute atomic E-state index is 14.6. The molecule has 0 aliphatic rings. The molecule has 0 radical (unpaired) electrons. The number of hydrogen-bond donors (Lipinski definition) is 2. The van der Waals surface area contributed by atoms with Gasteiger partial charge in [-0.25, -0.2) is 36.4 Å². The molecule has 6 heterocycles. The van der Waals surface area contributed by atoms with E-state index in [0.29, 0.717) is 118 Å². The monoisotopic (exact) mass is 1240 g/mol. The first-order chi connectivity index (χ1) is 42.9. The summed E-state index contributed by atoms with van der Waals surface area (Å²) < 4.78 is 87.1. The van der Waals surface area contributed by atoms with Gasteiger partial charge in [-0.1, -0.05) is 110 Å². The number of carbonyl (C=O) groups excluding carboxylic acids is 2. The molecule has 460 valence electrons. The summed E-state index contributed by atoms with van der Waals surface area (Å²) in [6.07, 6.45) is 13.5. The summed E-state index contributed by atoms with van der Waals surface area (Å²) >= 11 is 0. The maximum atomic E-state index is 14.6. The number of esters is 2. The van der Waals surface area contributed by atoms with Crippen molar-refractivity contribution >= 4 is 43.6 Å². The van der Waals surface area contributed by atoms with Crippen LogP contribution < -0.4 is 9.44 Å². The number of pyridine rings is 2. The molecule has 89 heavy (non-hydrogen) atoms. The minimum atomic E-state index is -4.21. The summed E-state index contributed by atoms with van der Waals surface area (Å²) in [5, 5.41) is 7.97. The van der Waals surface area contributed by atoms with Crippen LogP contribution in [0.5, 0.6) is 0 Å². The van der Waals surface area contributed by atoms with Gasteiger partial charge in [0.15, 0.2) is 11.6 Å². The SMILES string of the molecule is CCCCc1nc(-c2ccc(C(=O)OC)cn2)cn1Cc1ccc(-c2ccc(CCCCc3nc(-c4ccc(C(=O)OC)cn4)cn3Cc3ccc(-c4ccccc4S(=O)(=O)Nc4noc(C)c4C)c(CCC)c3)cc2S(=O)(=O)Nc2noc(C)c2C)cc1. The van der Waals surface area contributed by atoms with Gasteiger partial charge < -0.3 is 27.7 Å². The number of unbranched alkanes of at least 4 members (excludes halogenated alkanes) is 2. The molecule has 0 unspecified atom stereocenters. The Balaban J connectivity index is 0.903. The third-order valence-corrected chi connectivity index (χ3v) is 18.5. The topological polar surface area (TPSA) is 258 Å². The number of aryl methyl sites for hydroxylation is 6. The van der Waals surface area contributed by atoms with E-state index in [1.807, 2.05) is 73.1 Å². The van der Waals surface area contributed by atoms with Crippen LogP contribution in [-0.2, 0) is 68.3 Å². The highest BCUT2D eigenvalue weighted by Gasteiger charge is 2.26. The molecule has 0 atom stereocenters. The second-order valence-electron chi connectivity index (χ2n) is 21.9. The first kappa shape index (κ1) is 62.5. The zero-order chi connectivity index (χ0) is 63.0. The molecule has 4 aromatic carbocycles. The molecule has 0 aliphatic carbocycles. The zero-order valence-corrected chi connectivity index (χ0v) is 52.6. The predicted molar refractivity (Wildman–Crippen MR) is 338 cm³/mol. The molecule has 10 aromatic rings. The van der Waals surface area contributed by atoms with Crippen molar-refractivity contribution in [3.63, 3.8) is 0 Å². The second kappa shape index (κ2) is 27.2. The molecule has 22 heteroatoms. The first-order valence-corrected chi connectivity index (χ1v) is 32.4. The van der Waals surface area contributed by atoms with E-state index >= 15 is 0 Å². The highest BCUT2D eigenvalue weighted by atomic mass is 32.2. The number of ether oxygens (including phenoxy) is 2. The van der Waals surface area contributed by atoms with E-state index in [1.165, 1.54) is 26.6 Å². The fraction of sp³-hybridized carbons (Fsp3) is 0.284. The Hall–Kier alpha value is -9.54. The standard InChI is InChI=1S/C67H70N10O10S2/c1-9-11-20-62-70-58(56-32-28-51(36-68-56)66(78)84-7)40-76(62)38-47-22-26-49(27-23-47)54-31-24-46(35-61(54)89(82,83)75-65-43(4)45(6)87-73-65)17-12-15-21-63-71-59(57-33-29-52(37-69-57)67(79)85-8)41-77(63)39-48-25-30-53(50(34-48)16-10-2)55-18-13-14-19-60(55)88(80,81)74-64-42(3)44(5)86-72-64/h13-14,18-19,22-37,40-41H,9-12,15-17,20-21,38-39H2,1-8H3,(H,72,74)(H,73,75). The van der Waals surface area contributed by atoms with Crippen molar-refractivity contribution in [2.45, 2.75) is 122 Å². The summed E-state index contributed by atoms with van der Waals surface area (Å²) in [6, 6.07) is 33.2. The van der Waals surface area contributed by atoms with E-state index in [1.54, 1.807) is 70.2 Å². The third-order valence-electron chi connectivity index (χ3n) is 15.7. The quantitative estimate of drug-likeness (QED) is 0.0377. The van der Waals surface area contributed by atoms with Crippen molar-refractivity contribution in [3.05, 3.63) is 202 Å². The van der Waals surface area contributed by atoms with Crippen molar-refractivity contribution in [1.82, 2.24) is 39.4 Å². The van der Waals surface area contributed by atoms with E-state index in [2.05, 4.69) is 58.8 Å². The van der Waals surface area contributed by atoms with Gasteiger partial charge >= 0.3 is 11.9 Å². The minimum absolute atomic E-state index is 0.0903. The summed E-state index contributed by atoms with van der Waals surface area (Å²) in [4.78, 5) is 43.7. The number of nitrogens with zero attached hydrogens (tertiary/aromatic N) is 8. The van der Waals surface area contributed by atoms with Gasteiger partial charge in [0.2, 0.25) is 0 Å². The van der Waals surface area contributed by atoms with Crippen LogP contribution >= 0.6 is 0 Å². The van der Waals surface area contributed by atoms with Gasteiger partial charge in [-0.05, 0) is 130 Å². The third kappa shape index (κ3) is 14.2. The van der Waals surface area contributed by atoms with Crippen molar-refractivity contribution in [2.24, 2.45) is 0 Å². The van der Waals surface area contributed by atoms with Crippen LogP contribution in [0.1, 0.15) is 123 Å². The summed E-state index contributed by atoms with van der Waals surface area (Å²) in [7, 11) is -5.64. The van der Waals surface area contributed by atoms with Crippen LogP contribution in [0.15, 0.2) is 153 Å². The molecular formula is C67H70N10O10S2. The van der Waals surface area contributed by atoms with Gasteiger partial charge in [-0.3, -0.25) is 19.4 Å². The van der Waals surface area contributed by atoms with Crippen molar-refractivity contribution in [1.29, 1.82) is 0 Å². The minimum Gasteiger partial charge on any atom is -0.465 e. The van der Waals surface area contributed by atoms with Crippen LogP contribution in [-0.4, -0.2) is 82.4 Å². The van der Waals surface area contributed by atoms with Gasteiger partial charge in [0.25, 0.3) is 20.0 Å². The molecule has 0 saturated carbocycles. The van der Waals surface area contributed by atoms with Gasteiger partial charge in [-0.2, -0.15) is 0 Å². The summed E-state index contributed by atoms with van der Waals surface area (Å²) in [6.45, 7) is 12.1. The number of hydrogen-bond acceptors (Lipinski definition) is 16. The van der Waals surface area contributed by atoms with Gasteiger partial charge in [0, 0.05) is 73.0 Å². The Bertz CT molecular complexity index is 4420. The fourth-order valence-electron chi connectivity index (χ4n) is 10.5. The maximum Gasteiger partial charge on any atom is 0.339 e. The van der Waals surface area contributed by atoms with Crippen LogP contribution in [0, 0.1) is 27.7 Å². The molecule has 6 aromatic heterocycles. The molecule has 0 amide bonds. The lowest BCUT2D eigenvalue weighted by Gasteiger charge is -2.16. The smallest absolute Gasteiger partial charge is 0.339 e. The Morgan fingerprint density at radius 3 is 1.56 bits per heavy atom. The molecule has 0 saturated heterocycles. The number of anilines is 2. The Morgan fingerprint density at radius 1 is 0.517 bits per heavy atom. The van der Waals surface area contributed by atoms with Crippen LogP contribution in [0.25, 0.3) is 45.0 Å². The molecule has 2 N–H and O–H groups in total. The number of benzene rings is 4. The van der Waals surface area contributed by atoms with E-state index < -0.39 is 32.0 Å². The van der Waals surface area contributed by atoms with Gasteiger partial charge in [-0.15, -0.1) is 0 Å². The normalized spacial score (nSPS) is 11.7. The average Bonchev–Trinajstić information content (AvgIpc) is 1.17. The lowest BCUT2D eigenvalue weighted by molar-refractivity contribution is 0.0591. The molecule has 0 spiro atoms. The first-order valence-electron chi connectivity index (χ1n) is 29.4. The van der Waals surface area contributed by atoms with Crippen molar-refractivity contribution in [3.8, 4) is 45.0 Å². The van der Waals surface area contributed by atoms with Crippen molar-refractivity contribution in [2.75, 3.05) is 23.7 Å². The largest absolute Gasteiger partial charge is 0.465 e. The summed E-state index contributed by atoms with van der Waals surface area (Å²) in [5.74, 6) is 2.00. The molecule has 0 aliphatic heterocycles. The van der Waals surface area contributed by atoms with E-state index in [-0.39, 0.29) is 21.4 Å². The predicted octanol–water partition coefficient (Wildman–Crippen LogP) is 12.9. The number of imidazole rings is 2. The summed E-state index contributed by atoms with van der Waals surface area (Å²) in [5.41, 5.74) is 10.7. The highest BCUT2D eigenvalue weighted by molar-refractivity contribution is 7.93. The average molecular weight is 1240 g/mol. The molecule has 20 nitrogen and oxygen atoms in total. The van der Waals surface area contributed by atoms with Crippen molar-refractivity contribution < 1.29 is 44.9 Å². The van der Waals surface area contributed by atoms with Gasteiger partial charge in [0.1, 0.15) is 34.6 Å². The Morgan fingerprint density at radius 2 is 1.03 bits per heavy atom. The van der Waals surface area contributed by atoms with Crippen LogP contribution in [0.2, 0.25) is 0 Å². The number of sulfonamides is 2. The molecular weight excluding hydrogens is 1170 g/mol. The van der Waals surface area contributed by atoms with E-state index in [4.69, 9.17) is 28.5 Å². The van der Waals surface area contributed by atoms with Crippen LogP contribution in [0.4, 0.5) is 11.6 Å². The van der Waals surface area contributed by atoms with Gasteiger partial charge in [0.05, 0.1) is 46.5 Å². The fourth-order valence-corrected chi connectivity index (χ4v) is 13.1. The Kier molecular flexibility index (Phi) is 19.1. The van der Waals surface area contributed by atoms with Crippen LogP contribution in [0.3, 0.4) is 0 Å². The zero-order valence-electron chi connectivity index (χ0n) is 51.0. The number of carbonyl (C=O) groups is 2. The second-order valence-corrected chi connectivity index (χ2v) is 25.2. The highest BCUT2D eigenvalue weighted by Crippen LogP contribution is 2.36. The lowest BCUT2D eigenvalue weighted by atomic mass is 9.94.